The second-order valence-electron chi connectivity index (χ2n) is 21.4. The van der Waals surface area contributed by atoms with Gasteiger partial charge in [0.15, 0.2) is 17.6 Å². The van der Waals surface area contributed by atoms with Gasteiger partial charge in [-0.3, -0.25) is 24.0 Å². The molecule has 0 unspecified atom stereocenters. The lowest BCUT2D eigenvalue weighted by molar-refractivity contribution is -0.167. The molecule has 0 bridgehead atoms. The number of carboxylic acid groups (broad SMARTS) is 2. The summed E-state index contributed by atoms with van der Waals surface area (Å²) < 4.78 is 194. The second kappa shape index (κ2) is 47.5. The Kier molecular flexibility index (Phi) is 45.9. The fourth-order valence-corrected chi connectivity index (χ4v) is 5.96. The number of nitrogens with two attached hydrogens (primary N) is 1. The van der Waals surface area contributed by atoms with Gasteiger partial charge in [0.1, 0.15) is 48.1 Å². The largest absolute Gasteiger partial charge is 0.481 e. The van der Waals surface area contributed by atoms with Gasteiger partial charge in [0.25, 0.3) is 0 Å². The maximum atomic E-state index is 12.6. The number of ether oxygens (including phenoxy) is 11. The summed E-state index contributed by atoms with van der Waals surface area (Å²) in [5.41, 5.74) is 4.00. The highest BCUT2D eigenvalue weighted by atomic mass is 35.5. The lowest BCUT2D eigenvalue weighted by Gasteiger charge is -2.24. The van der Waals surface area contributed by atoms with Crippen LogP contribution in [0.5, 0.6) is 0 Å². The summed E-state index contributed by atoms with van der Waals surface area (Å²) >= 11 is 0. The molecule has 0 aliphatic heterocycles. The lowest BCUT2D eigenvalue weighted by atomic mass is 9.99. The highest BCUT2D eigenvalue weighted by Crippen LogP contribution is 2.17. The van der Waals surface area contributed by atoms with Crippen molar-refractivity contribution in [2.75, 3.05) is 39.6 Å². The number of aliphatic carboxylic acids is 2. The van der Waals surface area contributed by atoms with Crippen molar-refractivity contribution in [3.8, 4) is 0 Å². The van der Waals surface area contributed by atoms with Crippen LogP contribution in [0.1, 0.15) is 86.3 Å². The number of rotatable bonds is 35. The molecule has 0 aliphatic rings. The minimum atomic E-state index is -3.25. The first-order valence-electron chi connectivity index (χ1n) is 26.9. The van der Waals surface area contributed by atoms with E-state index in [0.29, 0.717) is 5.56 Å². The molecule has 540 valence electrons. The van der Waals surface area contributed by atoms with Crippen LogP contribution in [0, 0.1) is 11.8 Å². The molecule has 0 radical (unpaired) electrons. The van der Waals surface area contributed by atoms with Gasteiger partial charge in [-0.25, -0.2) is 19.2 Å². The molecule has 2 aromatic rings. The molecule has 0 saturated heterocycles. The van der Waals surface area contributed by atoms with Gasteiger partial charge in [0.05, 0.1) is 51.5 Å². The number of carbonyl (C=O) groups excluding carboxylic acids is 7. The summed E-state index contributed by atoms with van der Waals surface area (Å²) in [6, 6.07) is 11.3. The van der Waals surface area contributed by atoms with Crippen LogP contribution in [0.4, 0.5) is 67.1 Å². The number of hydrogen-bond acceptors (Lipinski definition) is 21. The Morgan fingerprint density at radius 3 is 0.989 bits per heavy atom. The van der Waals surface area contributed by atoms with E-state index in [1.165, 1.54) is 20.8 Å². The lowest BCUT2D eigenvalue weighted by Crippen LogP contribution is -2.47. The third-order valence-corrected chi connectivity index (χ3v) is 9.89. The Bertz CT molecular complexity index is 2530. The molecular formula is C55H77ClF12N4O22. The van der Waals surface area contributed by atoms with Gasteiger partial charge in [-0.15, -0.1) is 12.4 Å². The standard InChI is InChI=1S/C21H27F4NO7.C14H21F4NO7.C11H13F2NO3.C9H15F2NO5.ClH/c1-21(2,3)33-20(29)26-15(12-32-19(24)25)16(27)9-14(11-31-18(22)23)17(28)30-10-13-7-5-4-6-8-13;1-14(2,3)26-13(23)19-8(6-25-12(17)18)9(20)4-7(10(21)22)5-24-11(15)16;12-11(13)17-7-9(14)10(15)16-6-8-4-2-1-3-5-8;1-9(2,3)17-8(15)12-5(6(13)14)4-16-7(10)11;/h4-8,14-15,18-19H,9-12H2,1-3H3,(H,26,29);7-8,11-12H,4-6H2,1-3H3,(H,19,23)(H,21,22);1-5,9,11H,6-7,14H2;5,7H,4H2,1-3H3,(H,12,15)(H,13,14);1H/t14-,15-;7-,8-;9-;5-;/m0000./s1. The summed E-state index contributed by atoms with van der Waals surface area (Å²) in [5.74, 6) is -9.99. The summed E-state index contributed by atoms with van der Waals surface area (Å²) in [5, 5.41) is 23.5. The number of ketones is 2. The number of Topliss-reactive ketones (excluding diaryl/α,β-unsaturated/α-hetero) is 2. The number of nitrogens with one attached hydrogen (secondary N) is 3. The topological polar surface area (TPSA) is 358 Å². The number of halogens is 13. The van der Waals surface area contributed by atoms with Crippen LogP contribution >= 0.6 is 12.4 Å². The molecule has 0 aromatic heterocycles. The average Bonchev–Trinajstić information content (AvgIpc) is 0.922. The monoisotopic (exact) mass is 1410 g/mol. The summed E-state index contributed by atoms with van der Waals surface area (Å²) in [6.45, 7) is -10.4. The minimum Gasteiger partial charge on any atom is -0.481 e. The van der Waals surface area contributed by atoms with Crippen LogP contribution in [0.3, 0.4) is 0 Å². The molecule has 26 nitrogen and oxygen atoms in total. The first-order chi connectivity index (χ1) is 42.9. The number of esters is 2. The van der Waals surface area contributed by atoms with Crippen LogP contribution in [0.2, 0.25) is 0 Å². The van der Waals surface area contributed by atoms with E-state index in [4.69, 9.17) is 39.6 Å². The SMILES string of the molecule is CC(C)(C)OC(=O)N[C@@H](COC(F)F)C(=O)C[C@@H](COC(F)F)C(=O)O.CC(C)(C)OC(=O)N[C@@H](COC(F)F)C(=O)C[C@@H](COC(F)F)C(=O)OCc1ccccc1.CC(C)(C)OC(=O)N[C@@H](COC(F)F)C(=O)O.Cl.N[C@@H](COC(F)F)C(=O)OCc1ccccc1. The van der Waals surface area contributed by atoms with Gasteiger partial charge in [-0.2, -0.15) is 52.7 Å². The number of benzene rings is 2. The van der Waals surface area contributed by atoms with Gasteiger partial charge < -0.3 is 84.0 Å². The molecule has 6 atom stereocenters. The third kappa shape index (κ3) is 51.1. The van der Waals surface area contributed by atoms with Crippen molar-refractivity contribution in [2.45, 2.75) is 169 Å². The number of carboxylic acids is 2. The second-order valence-corrected chi connectivity index (χ2v) is 21.4. The van der Waals surface area contributed by atoms with Gasteiger partial charge in [0, 0.05) is 12.8 Å². The van der Waals surface area contributed by atoms with Crippen LogP contribution in [0.15, 0.2) is 60.7 Å². The van der Waals surface area contributed by atoms with Gasteiger partial charge in [-0.05, 0) is 73.4 Å². The quantitative estimate of drug-likeness (QED) is 0.0213. The van der Waals surface area contributed by atoms with E-state index in [2.05, 4.69) is 33.7 Å². The van der Waals surface area contributed by atoms with Gasteiger partial charge in [0.2, 0.25) is 0 Å². The number of alkyl halides is 12. The molecule has 2 aromatic carbocycles. The molecule has 0 aliphatic carbocycles. The van der Waals surface area contributed by atoms with Crippen LogP contribution in [-0.2, 0) is 94.1 Å². The molecule has 94 heavy (non-hydrogen) atoms. The van der Waals surface area contributed by atoms with Crippen LogP contribution in [-0.4, -0.2) is 184 Å². The molecule has 0 fully saturated rings. The van der Waals surface area contributed by atoms with Gasteiger partial charge in [-0.1, -0.05) is 60.7 Å². The minimum absolute atomic E-state index is 0. The first kappa shape index (κ1) is 90.8. The van der Waals surface area contributed by atoms with Crippen LogP contribution < -0.4 is 21.7 Å². The summed E-state index contributed by atoms with van der Waals surface area (Å²) in [7, 11) is 0. The molecule has 3 amide bonds. The van der Waals surface area contributed by atoms with Gasteiger partial charge >= 0.3 is 81.8 Å². The van der Waals surface area contributed by atoms with Crippen molar-refractivity contribution < 1.29 is 158 Å². The zero-order valence-corrected chi connectivity index (χ0v) is 52.7. The van der Waals surface area contributed by atoms with Crippen molar-refractivity contribution in [1.29, 1.82) is 0 Å². The molecule has 7 N–H and O–H groups in total. The van der Waals surface area contributed by atoms with Crippen molar-refractivity contribution in [3.05, 3.63) is 71.8 Å². The molecule has 39 heteroatoms. The Hall–Kier alpha value is -7.36. The highest BCUT2D eigenvalue weighted by Gasteiger charge is 2.34. The predicted molar refractivity (Wildman–Crippen MR) is 300 cm³/mol. The maximum absolute atomic E-state index is 12.6. The zero-order chi connectivity index (χ0) is 71.8. The summed E-state index contributed by atoms with van der Waals surface area (Å²) in [6.07, 6.45) is -4.82. The molecule has 0 saturated carbocycles. The molecular weight excluding hydrogens is 1330 g/mol. The number of hydrogen-bond donors (Lipinski definition) is 6. The highest BCUT2D eigenvalue weighted by molar-refractivity contribution is 5.91. The Morgan fingerprint density at radius 1 is 0.404 bits per heavy atom. The van der Waals surface area contributed by atoms with Crippen molar-refractivity contribution in [2.24, 2.45) is 17.6 Å². The average molecular weight is 1410 g/mol. The van der Waals surface area contributed by atoms with E-state index in [-0.39, 0.29) is 25.6 Å². The normalized spacial score (nSPS) is 13.3. The molecule has 0 spiro atoms. The number of alkyl carbamates (subject to hydrolysis) is 3. The van der Waals surface area contributed by atoms with E-state index >= 15 is 0 Å². The number of amides is 3. The van der Waals surface area contributed by atoms with Crippen molar-refractivity contribution in [1.82, 2.24) is 16.0 Å². The molecule has 0 heterocycles. The van der Waals surface area contributed by atoms with Crippen molar-refractivity contribution in [3.63, 3.8) is 0 Å². The first-order valence-corrected chi connectivity index (χ1v) is 26.9. The van der Waals surface area contributed by atoms with E-state index in [1.54, 1.807) is 96.1 Å². The van der Waals surface area contributed by atoms with E-state index in [0.717, 1.165) is 5.56 Å². The van der Waals surface area contributed by atoms with Crippen molar-refractivity contribution >= 4 is 66.1 Å². The maximum Gasteiger partial charge on any atom is 0.408 e. The third-order valence-electron chi connectivity index (χ3n) is 9.89. The fraction of sp³-hybridized carbons (Fsp3) is 0.618. The van der Waals surface area contributed by atoms with E-state index in [1.807, 2.05) is 16.7 Å². The predicted octanol–water partition coefficient (Wildman–Crippen LogP) is 8.62. The Morgan fingerprint density at radius 2 is 0.681 bits per heavy atom. The number of carbonyl (C=O) groups is 9. The van der Waals surface area contributed by atoms with Crippen LogP contribution in [0.25, 0.3) is 0 Å². The zero-order valence-electron chi connectivity index (χ0n) is 51.9. The fourth-order valence-electron chi connectivity index (χ4n) is 5.96. The Balaban J connectivity index is -0.00000122. The van der Waals surface area contributed by atoms with E-state index < -0.39 is 199 Å². The molecule has 2 rings (SSSR count). The van der Waals surface area contributed by atoms with E-state index in [9.17, 15) is 95.8 Å². The smallest absolute Gasteiger partial charge is 0.408 e. The Labute approximate surface area is 537 Å². The summed E-state index contributed by atoms with van der Waals surface area (Å²) in [4.78, 5) is 105.